The molecule has 0 aliphatic heterocycles. The first kappa shape index (κ1) is 28.0. The number of aromatic nitrogens is 3. The highest BCUT2D eigenvalue weighted by atomic mass is 32.2. The van der Waals surface area contributed by atoms with Gasteiger partial charge >= 0.3 is 18.7 Å². The molecule has 39 heavy (non-hydrogen) atoms. The minimum absolute atomic E-state index is 0.00469. The maximum absolute atomic E-state index is 13.2. The average molecular weight is 575 g/mol. The SMILES string of the molecule is CCS(=O)(=O)c1ccc(-c2ccc(OC(F)(F)C(F)F)cc2)nc1-n1ncc2ccc(C(F)(F)F)cc2c1=O. The second kappa shape index (κ2) is 9.94. The Morgan fingerprint density at radius 2 is 1.64 bits per heavy atom. The van der Waals surface area contributed by atoms with Crippen molar-refractivity contribution in [1.29, 1.82) is 0 Å². The smallest absolute Gasteiger partial charge is 0.428 e. The van der Waals surface area contributed by atoms with Crippen LogP contribution in [0.2, 0.25) is 0 Å². The molecule has 0 saturated carbocycles. The summed E-state index contributed by atoms with van der Waals surface area (Å²) in [6.07, 6.45) is -12.5. The number of alkyl halides is 7. The Bertz CT molecular complexity index is 1700. The zero-order chi connectivity index (χ0) is 28.8. The van der Waals surface area contributed by atoms with E-state index in [1.165, 1.54) is 25.1 Å². The van der Waals surface area contributed by atoms with Gasteiger partial charge in [-0.25, -0.2) is 13.4 Å². The molecule has 2 heterocycles. The lowest BCUT2D eigenvalue weighted by Gasteiger charge is -2.17. The summed E-state index contributed by atoms with van der Waals surface area (Å²) in [5, 5.41) is 3.58. The van der Waals surface area contributed by atoms with Gasteiger partial charge in [-0.1, -0.05) is 13.0 Å². The number of halogens is 7. The van der Waals surface area contributed by atoms with Crippen molar-refractivity contribution in [3.8, 4) is 22.8 Å². The average Bonchev–Trinajstić information content (AvgIpc) is 2.88. The lowest BCUT2D eigenvalue weighted by molar-refractivity contribution is -0.253. The van der Waals surface area contributed by atoms with Crippen molar-refractivity contribution < 1.29 is 43.9 Å². The van der Waals surface area contributed by atoms with Crippen molar-refractivity contribution in [2.75, 3.05) is 5.75 Å². The van der Waals surface area contributed by atoms with E-state index in [4.69, 9.17) is 0 Å². The molecule has 2 aromatic heterocycles. The van der Waals surface area contributed by atoms with Crippen molar-refractivity contribution in [3.63, 3.8) is 0 Å². The molecule has 206 valence electrons. The number of hydrogen-bond acceptors (Lipinski definition) is 6. The first-order valence-electron chi connectivity index (χ1n) is 10.9. The van der Waals surface area contributed by atoms with Gasteiger partial charge in [-0.2, -0.15) is 40.5 Å². The van der Waals surface area contributed by atoms with Crippen molar-refractivity contribution >= 4 is 20.6 Å². The summed E-state index contributed by atoms with van der Waals surface area (Å²) < 4.78 is 121. The standard InChI is InChI=1S/C24H16F7N3O4S/c1-2-39(36,37)19-10-9-18(13-4-7-16(8-5-13)38-24(30,31)22(25)26)33-20(19)34-21(35)17-11-15(23(27,28)29)6-3-14(17)12-32-34/h3-12,22H,2H2,1H3. The van der Waals surface area contributed by atoms with Gasteiger partial charge in [0.1, 0.15) is 10.6 Å². The molecule has 4 aromatic rings. The third-order valence-corrected chi connectivity index (χ3v) is 7.28. The molecule has 0 radical (unpaired) electrons. The summed E-state index contributed by atoms with van der Waals surface area (Å²) in [6.45, 7) is 1.33. The minimum Gasteiger partial charge on any atom is -0.428 e. The first-order chi connectivity index (χ1) is 18.1. The Kier molecular flexibility index (Phi) is 7.14. The van der Waals surface area contributed by atoms with E-state index in [9.17, 15) is 43.9 Å². The maximum atomic E-state index is 13.2. The molecule has 0 bridgehead atoms. The molecule has 0 spiro atoms. The summed E-state index contributed by atoms with van der Waals surface area (Å²) in [6, 6.07) is 9.01. The summed E-state index contributed by atoms with van der Waals surface area (Å²) in [5.41, 5.74) is -2.00. The van der Waals surface area contributed by atoms with Gasteiger partial charge in [0.25, 0.3) is 5.56 Å². The Morgan fingerprint density at radius 1 is 0.974 bits per heavy atom. The van der Waals surface area contributed by atoms with Gasteiger partial charge in [0.2, 0.25) is 0 Å². The van der Waals surface area contributed by atoms with Gasteiger partial charge in [-0.05, 0) is 48.5 Å². The largest absolute Gasteiger partial charge is 0.461 e. The molecule has 4 rings (SSSR count). The van der Waals surface area contributed by atoms with Gasteiger partial charge in [0.15, 0.2) is 15.7 Å². The quantitative estimate of drug-likeness (QED) is 0.271. The van der Waals surface area contributed by atoms with E-state index >= 15 is 0 Å². The fraction of sp³-hybridized carbons (Fsp3) is 0.208. The number of nitrogens with zero attached hydrogens (tertiary/aromatic N) is 3. The van der Waals surface area contributed by atoms with Crippen molar-refractivity contribution in [1.82, 2.24) is 14.8 Å². The Hall–Kier alpha value is -4.01. The van der Waals surface area contributed by atoms with Gasteiger partial charge in [0, 0.05) is 10.9 Å². The molecule has 0 unspecified atom stereocenters. The van der Waals surface area contributed by atoms with Crippen LogP contribution in [0.25, 0.3) is 27.8 Å². The van der Waals surface area contributed by atoms with Crippen LogP contribution < -0.4 is 10.3 Å². The van der Waals surface area contributed by atoms with E-state index in [1.54, 1.807) is 0 Å². The van der Waals surface area contributed by atoms with E-state index in [0.29, 0.717) is 10.7 Å². The fourth-order valence-electron chi connectivity index (χ4n) is 3.51. The first-order valence-corrected chi connectivity index (χ1v) is 12.6. The van der Waals surface area contributed by atoms with E-state index in [0.717, 1.165) is 36.5 Å². The summed E-state index contributed by atoms with van der Waals surface area (Å²) >= 11 is 0. The predicted molar refractivity (Wildman–Crippen MR) is 125 cm³/mol. The van der Waals surface area contributed by atoms with E-state index in [-0.39, 0.29) is 16.6 Å². The third-order valence-electron chi connectivity index (χ3n) is 5.53. The lowest BCUT2D eigenvalue weighted by atomic mass is 10.1. The van der Waals surface area contributed by atoms with E-state index < -0.39 is 67.3 Å². The van der Waals surface area contributed by atoms with Crippen LogP contribution in [0.5, 0.6) is 5.75 Å². The highest BCUT2D eigenvalue weighted by Gasteiger charge is 2.44. The summed E-state index contributed by atoms with van der Waals surface area (Å²) in [7, 11) is -4.03. The van der Waals surface area contributed by atoms with Gasteiger partial charge in [0.05, 0.1) is 28.6 Å². The number of rotatable bonds is 7. The van der Waals surface area contributed by atoms with Crippen molar-refractivity contribution in [2.45, 2.75) is 30.5 Å². The normalized spacial score (nSPS) is 12.7. The molecule has 0 atom stereocenters. The summed E-state index contributed by atoms with van der Waals surface area (Å²) in [5.74, 6) is -1.52. The maximum Gasteiger partial charge on any atom is 0.461 e. The number of benzene rings is 2. The number of pyridine rings is 1. The predicted octanol–water partition coefficient (Wildman–Crippen LogP) is 5.50. The van der Waals surface area contributed by atoms with Crippen LogP contribution in [0.3, 0.4) is 0 Å². The molecule has 0 N–H and O–H groups in total. The third kappa shape index (κ3) is 5.57. The second-order valence-electron chi connectivity index (χ2n) is 8.07. The molecule has 7 nitrogen and oxygen atoms in total. The lowest BCUT2D eigenvalue weighted by Crippen LogP contribution is -2.33. The second-order valence-corrected chi connectivity index (χ2v) is 10.3. The number of sulfone groups is 1. The topological polar surface area (TPSA) is 91.2 Å². The van der Waals surface area contributed by atoms with Gasteiger partial charge in [-0.15, -0.1) is 0 Å². The van der Waals surface area contributed by atoms with E-state index in [2.05, 4.69) is 14.8 Å². The molecule has 2 aromatic carbocycles. The molecule has 0 aliphatic carbocycles. The number of hydrogen-bond donors (Lipinski definition) is 0. The fourth-order valence-corrected chi connectivity index (χ4v) is 4.51. The number of ether oxygens (including phenoxy) is 1. The van der Waals surface area contributed by atoms with Crippen LogP contribution in [-0.2, 0) is 16.0 Å². The van der Waals surface area contributed by atoms with Crippen LogP contribution in [0.4, 0.5) is 30.7 Å². The van der Waals surface area contributed by atoms with Crippen LogP contribution in [0.15, 0.2) is 70.5 Å². The van der Waals surface area contributed by atoms with Crippen LogP contribution in [-0.4, -0.2) is 41.5 Å². The van der Waals surface area contributed by atoms with E-state index in [1.807, 2.05) is 0 Å². The molecule has 15 heteroatoms. The summed E-state index contributed by atoms with van der Waals surface area (Å²) in [4.78, 5) is 17.0. The Morgan fingerprint density at radius 3 is 2.23 bits per heavy atom. The Labute approximate surface area is 215 Å². The zero-order valence-electron chi connectivity index (χ0n) is 19.6. The van der Waals surface area contributed by atoms with Crippen molar-refractivity contribution in [3.05, 3.63) is 76.7 Å². The molecular weight excluding hydrogens is 559 g/mol. The highest BCUT2D eigenvalue weighted by Crippen LogP contribution is 2.32. The molecular formula is C24H16F7N3O4S. The molecule has 0 saturated heterocycles. The van der Waals surface area contributed by atoms with Gasteiger partial charge in [-0.3, -0.25) is 4.79 Å². The monoisotopic (exact) mass is 575 g/mol. The Balaban J connectivity index is 1.87. The van der Waals surface area contributed by atoms with Crippen LogP contribution in [0.1, 0.15) is 12.5 Å². The van der Waals surface area contributed by atoms with Crippen LogP contribution >= 0.6 is 0 Å². The van der Waals surface area contributed by atoms with Crippen LogP contribution in [0, 0.1) is 0 Å². The molecule has 0 aliphatic rings. The highest BCUT2D eigenvalue weighted by molar-refractivity contribution is 7.91. The minimum atomic E-state index is -4.75. The molecule has 0 amide bonds. The zero-order valence-corrected chi connectivity index (χ0v) is 20.4. The van der Waals surface area contributed by atoms with Gasteiger partial charge < -0.3 is 4.74 Å². The number of fused-ring (bicyclic) bond motifs is 1. The molecule has 0 fully saturated rings. The van der Waals surface area contributed by atoms with Crippen molar-refractivity contribution in [2.24, 2.45) is 0 Å².